The zero-order chi connectivity index (χ0) is 6.78. The van der Waals surface area contributed by atoms with Gasteiger partial charge in [0.15, 0.2) is 2.75 Å². The summed E-state index contributed by atoms with van der Waals surface area (Å²) in [4.78, 5) is 0. The summed E-state index contributed by atoms with van der Waals surface area (Å²) in [5, 5.41) is 1.46. The van der Waals surface area contributed by atoms with E-state index in [1.54, 1.807) is 0 Å². The summed E-state index contributed by atoms with van der Waals surface area (Å²) in [6.07, 6.45) is 0. The van der Waals surface area contributed by atoms with E-state index in [0.717, 1.165) is 0 Å². The molecule has 1 nitrogen and oxygen atoms in total. The average Bonchev–Trinajstić information content (AvgIpc) is 1.62. The monoisotopic (exact) mass is 244 g/mol. The van der Waals surface area contributed by atoms with Crippen LogP contribution in [-0.4, -0.2) is 7.31 Å². The zero-order valence-corrected chi connectivity index (χ0v) is 7.95. The van der Waals surface area contributed by atoms with Gasteiger partial charge in [-0.1, -0.05) is 6.58 Å². The van der Waals surface area contributed by atoms with Crippen LogP contribution >= 0.6 is 22.6 Å². The Morgan fingerprint density at radius 2 is 2.12 bits per heavy atom. The summed E-state index contributed by atoms with van der Waals surface area (Å²) >= 11 is 1.24. The first-order valence-electron chi connectivity index (χ1n) is 2.20. The van der Waals surface area contributed by atoms with Crippen molar-refractivity contribution in [3.8, 4) is 0 Å². The van der Waals surface area contributed by atoms with E-state index in [1.807, 2.05) is 13.8 Å². The van der Waals surface area contributed by atoms with Gasteiger partial charge in [0.05, 0.1) is 0 Å². The molecule has 0 aliphatic carbocycles. The minimum atomic E-state index is -0.894. The van der Waals surface area contributed by atoms with Crippen LogP contribution in [0.2, 0.25) is 0 Å². The summed E-state index contributed by atoms with van der Waals surface area (Å²) < 4.78 is 10.7. The molecule has 1 unspecified atom stereocenters. The first kappa shape index (κ1) is 8.78. The highest BCUT2D eigenvalue weighted by molar-refractivity contribution is 14.1. The van der Waals surface area contributed by atoms with Gasteiger partial charge in [-0.2, -0.15) is 0 Å². The molecule has 0 aromatic carbocycles. The third kappa shape index (κ3) is 2.94. The van der Waals surface area contributed by atoms with Crippen molar-refractivity contribution >= 4 is 33.8 Å². The zero-order valence-electron chi connectivity index (χ0n) is 4.98. The topological polar surface area (TPSA) is 23.1 Å². The number of alkyl halides is 1. The van der Waals surface area contributed by atoms with Crippen molar-refractivity contribution in [1.29, 1.82) is 0 Å². The minimum Gasteiger partial charge on any atom is -0.611 e. The van der Waals surface area contributed by atoms with Crippen LogP contribution in [0.15, 0.2) is 12.0 Å². The second kappa shape index (κ2) is 3.08. The summed E-state index contributed by atoms with van der Waals surface area (Å²) in [7, 11) is 0. The van der Waals surface area contributed by atoms with Crippen LogP contribution in [-0.2, 0) is 11.2 Å². The van der Waals surface area contributed by atoms with E-state index in [1.165, 1.54) is 5.41 Å². The molecule has 0 aromatic rings. The lowest BCUT2D eigenvalue weighted by molar-refractivity contribution is 0.593. The van der Waals surface area contributed by atoms with E-state index in [0.29, 0.717) is 0 Å². The Morgan fingerprint density at radius 1 is 1.75 bits per heavy atom. The van der Waals surface area contributed by atoms with Crippen LogP contribution in [0.25, 0.3) is 0 Å². The molecule has 0 amide bonds. The second-order valence-corrected chi connectivity index (χ2v) is 7.21. The highest BCUT2D eigenvalue weighted by Crippen LogP contribution is 2.25. The molecule has 0 rings (SSSR count). The SMILES string of the molecule is C=C[S+]([O-])C(C)(C)I. The predicted molar refractivity (Wildman–Crippen MR) is 46.4 cm³/mol. The van der Waals surface area contributed by atoms with Crippen molar-refractivity contribution in [3.63, 3.8) is 0 Å². The molecule has 8 heavy (non-hydrogen) atoms. The van der Waals surface area contributed by atoms with Crippen molar-refractivity contribution in [2.75, 3.05) is 0 Å². The van der Waals surface area contributed by atoms with E-state index in [4.69, 9.17) is 0 Å². The fraction of sp³-hybridized carbons (Fsp3) is 0.600. The van der Waals surface area contributed by atoms with Crippen LogP contribution in [0.3, 0.4) is 0 Å². The Labute approximate surface area is 66.9 Å². The second-order valence-electron chi connectivity index (χ2n) is 1.83. The molecule has 1 atom stereocenters. The smallest absolute Gasteiger partial charge is 0.173 e. The van der Waals surface area contributed by atoms with Crippen LogP contribution in [0.5, 0.6) is 0 Å². The average molecular weight is 244 g/mol. The van der Waals surface area contributed by atoms with Gasteiger partial charge in [-0.3, -0.25) is 0 Å². The molecule has 0 aromatic heterocycles. The summed E-state index contributed by atoms with van der Waals surface area (Å²) in [5.74, 6) is 0. The van der Waals surface area contributed by atoms with Gasteiger partial charge in [-0.25, -0.2) is 0 Å². The fourth-order valence-corrected chi connectivity index (χ4v) is 1.13. The first-order valence-corrected chi connectivity index (χ1v) is 4.50. The quantitative estimate of drug-likeness (QED) is 0.414. The maximum atomic E-state index is 10.8. The molecule has 0 aliphatic rings. The van der Waals surface area contributed by atoms with Crippen molar-refractivity contribution in [2.45, 2.75) is 16.6 Å². The molecule has 0 spiro atoms. The van der Waals surface area contributed by atoms with Gasteiger partial charge in [0.2, 0.25) is 0 Å². The maximum absolute atomic E-state index is 10.8. The van der Waals surface area contributed by atoms with E-state index in [-0.39, 0.29) is 2.75 Å². The number of halogens is 1. The highest BCUT2D eigenvalue weighted by atomic mass is 127. The fourth-order valence-electron chi connectivity index (χ4n) is 0.198. The Balaban J connectivity index is 3.80. The van der Waals surface area contributed by atoms with Crippen LogP contribution in [0.4, 0.5) is 0 Å². The Kier molecular flexibility index (Phi) is 3.38. The van der Waals surface area contributed by atoms with Gasteiger partial charge in [0.1, 0.15) is 5.41 Å². The van der Waals surface area contributed by atoms with Gasteiger partial charge in [0, 0.05) is 0 Å². The minimum absolute atomic E-state index is 0.167. The molecule has 0 bridgehead atoms. The molecule has 48 valence electrons. The first-order chi connectivity index (χ1) is 3.48. The van der Waals surface area contributed by atoms with Gasteiger partial charge in [-0.15, -0.1) is 0 Å². The molecule has 0 saturated heterocycles. The molecular formula is C5H9IOS. The molecule has 0 N–H and O–H groups in total. The normalized spacial score (nSPS) is 15.5. The molecular weight excluding hydrogens is 235 g/mol. The standard InChI is InChI=1S/C5H9IOS/c1-4-8(7)5(2,3)6/h4H,1H2,2-3H3. The Bertz CT molecular complexity index is 86.9. The molecule has 3 heteroatoms. The third-order valence-electron chi connectivity index (χ3n) is 0.630. The third-order valence-corrected chi connectivity index (χ3v) is 3.19. The highest BCUT2D eigenvalue weighted by Gasteiger charge is 2.24. The molecule has 0 fully saturated rings. The largest absolute Gasteiger partial charge is 0.611 e. The lowest BCUT2D eigenvalue weighted by Crippen LogP contribution is -2.21. The van der Waals surface area contributed by atoms with Crippen LogP contribution < -0.4 is 0 Å². The Hall–Kier alpha value is 0.780. The Morgan fingerprint density at radius 3 is 2.12 bits per heavy atom. The van der Waals surface area contributed by atoms with Gasteiger partial charge in [0.25, 0.3) is 0 Å². The van der Waals surface area contributed by atoms with Crippen LogP contribution in [0.1, 0.15) is 13.8 Å². The van der Waals surface area contributed by atoms with E-state index >= 15 is 0 Å². The van der Waals surface area contributed by atoms with Crippen molar-refractivity contribution in [3.05, 3.63) is 12.0 Å². The summed E-state index contributed by atoms with van der Waals surface area (Å²) in [6.45, 7) is 7.24. The van der Waals surface area contributed by atoms with Gasteiger partial charge in [-0.05, 0) is 47.6 Å². The van der Waals surface area contributed by atoms with Gasteiger partial charge < -0.3 is 4.55 Å². The summed E-state index contributed by atoms with van der Waals surface area (Å²) in [6, 6.07) is 0. The molecule has 0 heterocycles. The molecule has 0 aliphatic heterocycles. The number of hydrogen-bond acceptors (Lipinski definition) is 1. The number of rotatable bonds is 2. The van der Waals surface area contributed by atoms with E-state index < -0.39 is 11.2 Å². The van der Waals surface area contributed by atoms with E-state index in [9.17, 15) is 4.55 Å². The molecule has 0 saturated carbocycles. The van der Waals surface area contributed by atoms with Crippen molar-refractivity contribution in [2.24, 2.45) is 0 Å². The lowest BCUT2D eigenvalue weighted by Gasteiger charge is -2.17. The van der Waals surface area contributed by atoms with Crippen LogP contribution in [0, 0.1) is 0 Å². The van der Waals surface area contributed by atoms with E-state index in [2.05, 4.69) is 29.2 Å². The van der Waals surface area contributed by atoms with Crippen molar-refractivity contribution in [1.82, 2.24) is 0 Å². The predicted octanol–water partition coefficient (Wildman–Crippen LogP) is 2.05. The maximum Gasteiger partial charge on any atom is 0.173 e. The summed E-state index contributed by atoms with van der Waals surface area (Å²) in [5.41, 5.74) is 0. The molecule has 0 radical (unpaired) electrons. The number of hydrogen-bond donors (Lipinski definition) is 0. The lowest BCUT2D eigenvalue weighted by atomic mass is 10.6. The van der Waals surface area contributed by atoms with Crippen molar-refractivity contribution < 1.29 is 4.55 Å². The van der Waals surface area contributed by atoms with Gasteiger partial charge >= 0.3 is 0 Å².